The lowest BCUT2D eigenvalue weighted by Crippen LogP contribution is -2.56. The highest BCUT2D eigenvalue weighted by atomic mass is 32.2. The molecule has 2 saturated heterocycles. The predicted molar refractivity (Wildman–Crippen MR) is 156 cm³/mol. The second kappa shape index (κ2) is 10.7. The minimum absolute atomic E-state index is 0.333. The molecule has 0 N–H and O–H groups in total. The molecule has 0 radical (unpaired) electrons. The predicted octanol–water partition coefficient (Wildman–Crippen LogP) is 5.93. The fraction of sp³-hybridized carbons (Fsp3) is 0.581. The van der Waals surface area contributed by atoms with Crippen LogP contribution in [0.3, 0.4) is 0 Å². The first-order chi connectivity index (χ1) is 18.0. The second-order valence-electron chi connectivity index (χ2n) is 12.0. The minimum Gasteiger partial charge on any atom is -0.306 e. The van der Waals surface area contributed by atoms with Gasteiger partial charge in [-0.3, -0.25) is 4.90 Å². The molecule has 2 fully saturated rings. The van der Waals surface area contributed by atoms with Gasteiger partial charge in [0, 0.05) is 48.4 Å². The number of likely N-dealkylation sites (tertiary alicyclic amines) is 2. The molecule has 3 atom stereocenters. The number of imidazole rings is 1. The lowest BCUT2D eigenvalue weighted by atomic mass is 9.85. The molecule has 2 aromatic heterocycles. The molecule has 3 unspecified atom stereocenters. The fourth-order valence-electron chi connectivity index (χ4n) is 7.14. The largest absolute Gasteiger partial charge is 0.306 e. The molecular weight excluding hydrogens is 492 g/mol. The number of fused-ring (bicyclic) bond motifs is 1. The number of pyridine rings is 1. The van der Waals surface area contributed by atoms with E-state index < -0.39 is 9.84 Å². The third kappa shape index (κ3) is 5.43. The maximum Gasteiger partial charge on any atom is 0.175 e. The number of hydrogen-bond donors (Lipinski definition) is 0. The third-order valence-corrected chi connectivity index (χ3v) is 10.1. The highest BCUT2D eigenvalue weighted by Crippen LogP contribution is 2.35. The summed E-state index contributed by atoms with van der Waals surface area (Å²) in [6, 6.07) is 12.0. The number of piperidine rings is 2. The quantitative estimate of drug-likeness (QED) is 0.391. The van der Waals surface area contributed by atoms with Crippen LogP contribution in [0.4, 0.5) is 0 Å². The number of aryl methyl sites for hydroxylation is 1. The fourth-order valence-corrected chi connectivity index (χ4v) is 7.77. The van der Waals surface area contributed by atoms with E-state index in [0.29, 0.717) is 35.0 Å². The van der Waals surface area contributed by atoms with E-state index in [1.165, 1.54) is 62.6 Å². The molecule has 6 nitrogen and oxygen atoms in total. The molecule has 206 valence electrons. The summed E-state index contributed by atoms with van der Waals surface area (Å²) >= 11 is 0. The minimum atomic E-state index is -3.21. The molecule has 2 aliphatic heterocycles. The number of rotatable bonds is 6. The van der Waals surface area contributed by atoms with Crippen LogP contribution in [0.1, 0.15) is 76.8 Å². The van der Waals surface area contributed by atoms with Crippen LogP contribution in [-0.4, -0.2) is 71.1 Å². The zero-order valence-electron chi connectivity index (χ0n) is 23.9. The summed E-state index contributed by atoms with van der Waals surface area (Å²) in [5, 5.41) is 0. The summed E-state index contributed by atoms with van der Waals surface area (Å²) in [7, 11) is -3.21. The topological polar surface area (TPSA) is 57.9 Å². The van der Waals surface area contributed by atoms with Crippen LogP contribution in [0.2, 0.25) is 0 Å². The summed E-state index contributed by atoms with van der Waals surface area (Å²) in [5.74, 6) is 0.574. The maximum atomic E-state index is 11.8. The molecule has 38 heavy (non-hydrogen) atoms. The van der Waals surface area contributed by atoms with Gasteiger partial charge >= 0.3 is 0 Å². The molecule has 0 saturated carbocycles. The Morgan fingerprint density at radius 2 is 1.74 bits per heavy atom. The molecule has 1 aromatic carbocycles. The summed E-state index contributed by atoms with van der Waals surface area (Å²) in [6.45, 7) is 14.0. The molecule has 4 heterocycles. The van der Waals surface area contributed by atoms with Gasteiger partial charge in [0.25, 0.3) is 0 Å². The van der Waals surface area contributed by atoms with Crippen LogP contribution in [0.25, 0.3) is 16.9 Å². The summed E-state index contributed by atoms with van der Waals surface area (Å²) < 4.78 is 25.8. The van der Waals surface area contributed by atoms with E-state index >= 15 is 0 Å². The molecule has 3 aromatic rings. The summed E-state index contributed by atoms with van der Waals surface area (Å²) in [5.41, 5.74) is 5.35. The standard InChI is InChI=1S/C31H44N4O2S/c1-7-27-18-28(17-23(5)35(27)21(2)3)33-14-12-24(13-15-33)26-16-22(4)31-32-30(20-34(31)19-26)25-8-10-29(11-9-25)38(6,36)37/h8-11,16,19-21,23-24,27-28H,7,12-15,17-18H2,1-6H3. The van der Waals surface area contributed by atoms with E-state index in [-0.39, 0.29) is 0 Å². The van der Waals surface area contributed by atoms with Gasteiger partial charge in [-0.25, -0.2) is 13.4 Å². The van der Waals surface area contributed by atoms with E-state index in [0.717, 1.165) is 16.9 Å². The van der Waals surface area contributed by atoms with Crippen molar-refractivity contribution in [3.8, 4) is 11.3 Å². The molecule has 0 bridgehead atoms. The summed E-state index contributed by atoms with van der Waals surface area (Å²) in [4.78, 5) is 10.7. The molecule has 7 heteroatoms. The van der Waals surface area contributed by atoms with Crippen molar-refractivity contribution in [2.75, 3.05) is 19.3 Å². The van der Waals surface area contributed by atoms with Crippen molar-refractivity contribution in [2.45, 2.75) is 102 Å². The van der Waals surface area contributed by atoms with Crippen LogP contribution < -0.4 is 0 Å². The van der Waals surface area contributed by atoms with Crippen molar-refractivity contribution in [1.82, 2.24) is 19.2 Å². The average molecular weight is 537 g/mol. The van der Waals surface area contributed by atoms with Gasteiger partial charge in [-0.15, -0.1) is 0 Å². The van der Waals surface area contributed by atoms with E-state index in [1.54, 1.807) is 12.1 Å². The molecule has 5 rings (SSSR count). The van der Waals surface area contributed by atoms with Gasteiger partial charge in [-0.05, 0) is 102 Å². The number of nitrogens with zero attached hydrogens (tertiary/aromatic N) is 4. The van der Waals surface area contributed by atoms with Crippen molar-refractivity contribution in [2.24, 2.45) is 0 Å². The van der Waals surface area contributed by atoms with E-state index in [9.17, 15) is 8.42 Å². The highest BCUT2D eigenvalue weighted by Gasteiger charge is 2.37. The zero-order valence-corrected chi connectivity index (χ0v) is 24.7. The van der Waals surface area contributed by atoms with Crippen molar-refractivity contribution >= 4 is 15.5 Å². The van der Waals surface area contributed by atoms with Crippen LogP contribution in [0, 0.1) is 6.92 Å². The molecule has 0 aliphatic carbocycles. The molecular formula is C31H44N4O2S. The van der Waals surface area contributed by atoms with Gasteiger partial charge in [-0.1, -0.05) is 25.1 Å². The van der Waals surface area contributed by atoms with Crippen molar-refractivity contribution in [3.63, 3.8) is 0 Å². The Kier molecular flexibility index (Phi) is 7.73. The van der Waals surface area contributed by atoms with E-state index in [4.69, 9.17) is 4.98 Å². The number of hydrogen-bond acceptors (Lipinski definition) is 5. The Balaban J connectivity index is 1.29. The maximum absolute atomic E-state index is 11.8. The first-order valence-corrected chi connectivity index (χ1v) is 16.3. The Bertz CT molecular complexity index is 1370. The monoisotopic (exact) mass is 536 g/mol. The summed E-state index contributed by atoms with van der Waals surface area (Å²) in [6.07, 6.45) is 11.8. The van der Waals surface area contributed by atoms with Crippen molar-refractivity contribution in [3.05, 3.63) is 53.9 Å². The van der Waals surface area contributed by atoms with Gasteiger partial charge in [0.1, 0.15) is 5.65 Å². The van der Waals surface area contributed by atoms with E-state index in [2.05, 4.69) is 67.3 Å². The average Bonchev–Trinajstić information content (AvgIpc) is 3.32. The van der Waals surface area contributed by atoms with Gasteiger partial charge in [0.2, 0.25) is 0 Å². The van der Waals surface area contributed by atoms with Gasteiger partial charge < -0.3 is 9.30 Å². The SMILES string of the molecule is CCC1CC(N2CCC(c3cc(C)c4nc(-c5ccc(S(C)(=O)=O)cc5)cn4c3)CC2)CC(C)N1C(C)C. The van der Waals surface area contributed by atoms with Crippen LogP contribution in [-0.2, 0) is 9.84 Å². The first kappa shape index (κ1) is 27.4. The van der Waals surface area contributed by atoms with Crippen LogP contribution in [0.15, 0.2) is 47.6 Å². The molecule has 0 amide bonds. The highest BCUT2D eigenvalue weighted by molar-refractivity contribution is 7.90. The number of aromatic nitrogens is 2. The lowest BCUT2D eigenvalue weighted by molar-refractivity contribution is -0.000184. The normalized spacial score (nSPS) is 24.4. The smallest absolute Gasteiger partial charge is 0.175 e. The number of sulfone groups is 1. The Morgan fingerprint density at radius 1 is 1.05 bits per heavy atom. The molecule has 0 spiro atoms. The van der Waals surface area contributed by atoms with E-state index in [1.807, 2.05) is 12.1 Å². The Hall–Kier alpha value is -2.22. The third-order valence-electron chi connectivity index (χ3n) is 9.01. The van der Waals surface area contributed by atoms with Gasteiger partial charge in [-0.2, -0.15) is 0 Å². The second-order valence-corrected chi connectivity index (χ2v) is 14.0. The van der Waals surface area contributed by atoms with Gasteiger partial charge in [0.15, 0.2) is 9.84 Å². The Morgan fingerprint density at radius 3 is 2.34 bits per heavy atom. The van der Waals surface area contributed by atoms with Gasteiger partial charge in [0.05, 0.1) is 10.6 Å². The van der Waals surface area contributed by atoms with Crippen molar-refractivity contribution in [1.29, 1.82) is 0 Å². The Labute approximate surface area is 229 Å². The lowest BCUT2D eigenvalue weighted by Gasteiger charge is -2.50. The van der Waals surface area contributed by atoms with Crippen LogP contribution in [0.5, 0.6) is 0 Å². The zero-order chi connectivity index (χ0) is 27.2. The van der Waals surface area contributed by atoms with Crippen LogP contribution >= 0.6 is 0 Å². The molecule has 2 aliphatic rings. The number of benzene rings is 1. The first-order valence-electron chi connectivity index (χ1n) is 14.4. The van der Waals surface area contributed by atoms with Crippen molar-refractivity contribution < 1.29 is 8.42 Å².